The Bertz CT molecular complexity index is 595. The van der Waals surface area contributed by atoms with Gasteiger partial charge in [0.2, 0.25) is 10.0 Å². The van der Waals surface area contributed by atoms with Crippen molar-refractivity contribution in [2.75, 3.05) is 18.9 Å². The van der Waals surface area contributed by atoms with Crippen molar-refractivity contribution < 1.29 is 13.5 Å². The monoisotopic (exact) mass is 314 g/mol. The van der Waals surface area contributed by atoms with Crippen LogP contribution in [0.2, 0.25) is 0 Å². The molecule has 1 aromatic rings. The van der Waals surface area contributed by atoms with E-state index in [0.717, 1.165) is 12.0 Å². The quantitative estimate of drug-likeness (QED) is 0.671. The van der Waals surface area contributed by atoms with Crippen LogP contribution in [-0.4, -0.2) is 26.7 Å². The number of anilines is 1. The average Bonchev–Trinajstić information content (AvgIpc) is 2.38. The standard InChI is InChI=1S/C15H26N2O3S/c1-11-8-13(16)9-14(12(11)2)21(19,20)17-10-15(3,4)6-5-7-18/h8-9,17-18H,5-7,10,16H2,1-4H3. The first-order valence-corrected chi connectivity index (χ1v) is 8.55. The van der Waals surface area contributed by atoms with E-state index in [1.165, 1.54) is 6.07 Å². The van der Waals surface area contributed by atoms with Crippen LogP contribution in [0.4, 0.5) is 5.69 Å². The Morgan fingerprint density at radius 3 is 2.48 bits per heavy atom. The van der Waals surface area contributed by atoms with Gasteiger partial charge in [-0.25, -0.2) is 13.1 Å². The molecule has 120 valence electrons. The highest BCUT2D eigenvalue weighted by Crippen LogP contribution is 2.25. The summed E-state index contributed by atoms with van der Waals surface area (Å²) < 4.78 is 27.6. The van der Waals surface area contributed by atoms with Crippen molar-refractivity contribution in [2.45, 2.75) is 45.4 Å². The molecular formula is C15H26N2O3S. The molecule has 0 aliphatic heterocycles. The van der Waals surface area contributed by atoms with Crippen LogP contribution in [0, 0.1) is 19.3 Å². The van der Waals surface area contributed by atoms with Crippen molar-refractivity contribution in [1.29, 1.82) is 0 Å². The molecule has 4 N–H and O–H groups in total. The van der Waals surface area contributed by atoms with E-state index in [1.807, 2.05) is 20.8 Å². The first-order chi connectivity index (χ1) is 9.59. The Hall–Kier alpha value is -1.11. The van der Waals surface area contributed by atoms with E-state index >= 15 is 0 Å². The molecule has 0 heterocycles. The van der Waals surface area contributed by atoms with Gasteiger partial charge in [0.1, 0.15) is 0 Å². The van der Waals surface area contributed by atoms with Gasteiger partial charge in [-0.2, -0.15) is 0 Å². The van der Waals surface area contributed by atoms with E-state index in [-0.39, 0.29) is 16.9 Å². The molecule has 1 aromatic carbocycles. The van der Waals surface area contributed by atoms with Crippen LogP contribution in [0.5, 0.6) is 0 Å². The Labute approximate surface area is 127 Å². The van der Waals surface area contributed by atoms with E-state index in [2.05, 4.69) is 4.72 Å². The number of hydrogen-bond donors (Lipinski definition) is 3. The summed E-state index contributed by atoms with van der Waals surface area (Å²) in [6, 6.07) is 3.25. The summed E-state index contributed by atoms with van der Waals surface area (Å²) in [5.74, 6) is 0. The van der Waals surface area contributed by atoms with E-state index < -0.39 is 10.0 Å². The van der Waals surface area contributed by atoms with Crippen LogP contribution >= 0.6 is 0 Å². The number of aliphatic hydroxyl groups excluding tert-OH is 1. The molecular weight excluding hydrogens is 288 g/mol. The molecule has 0 unspecified atom stereocenters. The zero-order chi connectivity index (χ0) is 16.3. The van der Waals surface area contributed by atoms with Crippen molar-refractivity contribution in [3.63, 3.8) is 0 Å². The third-order valence-corrected chi connectivity index (χ3v) is 5.21. The summed E-state index contributed by atoms with van der Waals surface area (Å²) in [6.07, 6.45) is 1.41. The number of rotatable bonds is 7. The van der Waals surface area contributed by atoms with Crippen LogP contribution in [0.3, 0.4) is 0 Å². The number of nitrogens with two attached hydrogens (primary N) is 1. The molecule has 0 saturated heterocycles. The van der Waals surface area contributed by atoms with Crippen molar-refractivity contribution >= 4 is 15.7 Å². The lowest BCUT2D eigenvalue weighted by Gasteiger charge is -2.25. The van der Waals surface area contributed by atoms with Crippen molar-refractivity contribution in [2.24, 2.45) is 5.41 Å². The number of aryl methyl sites for hydroxylation is 1. The highest BCUT2D eigenvalue weighted by molar-refractivity contribution is 7.89. The lowest BCUT2D eigenvalue weighted by Crippen LogP contribution is -2.34. The Balaban J connectivity index is 2.93. The number of sulfonamides is 1. The first kappa shape index (κ1) is 17.9. The van der Waals surface area contributed by atoms with Gasteiger partial charge < -0.3 is 10.8 Å². The van der Waals surface area contributed by atoms with E-state index in [1.54, 1.807) is 13.0 Å². The maximum absolute atomic E-state index is 12.5. The zero-order valence-corrected chi connectivity index (χ0v) is 14.0. The highest BCUT2D eigenvalue weighted by Gasteiger charge is 2.23. The smallest absolute Gasteiger partial charge is 0.240 e. The maximum Gasteiger partial charge on any atom is 0.240 e. The molecule has 0 radical (unpaired) electrons. The third kappa shape index (κ3) is 4.98. The van der Waals surface area contributed by atoms with Gasteiger partial charge in [-0.05, 0) is 55.4 Å². The summed E-state index contributed by atoms with van der Waals surface area (Å²) in [7, 11) is -3.59. The molecule has 0 aliphatic rings. The van der Waals surface area contributed by atoms with Crippen molar-refractivity contribution in [3.8, 4) is 0 Å². The van der Waals surface area contributed by atoms with Crippen LogP contribution in [0.15, 0.2) is 17.0 Å². The summed E-state index contributed by atoms with van der Waals surface area (Å²) in [5, 5.41) is 8.88. The molecule has 6 heteroatoms. The molecule has 0 spiro atoms. The fourth-order valence-corrected chi connectivity index (χ4v) is 3.74. The summed E-state index contributed by atoms with van der Waals surface area (Å²) in [5.41, 5.74) is 7.56. The van der Waals surface area contributed by atoms with Crippen molar-refractivity contribution in [1.82, 2.24) is 4.72 Å². The van der Waals surface area contributed by atoms with Crippen LogP contribution in [0.1, 0.15) is 37.8 Å². The second kappa shape index (κ2) is 6.77. The largest absolute Gasteiger partial charge is 0.399 e. The molecule has 0 fully saturated rings. The molecule has 0 saturated carbocycles. The fourth-order valence-electron chi connectivity index (χ4n) is 2.15. The minimum Gasteiger partial charge on any atom is -0.399 e. The van der Waals surface area contributed by atoms with Crippen LogP contribution < -0.4 is 10.5 Å². The summed E-state index contributed by atoms with van der Waals surface area (Å²) in [6.45, 7) is 8.01. The molecule has 21 heavy (non-hydrogen) atoms. The Kier molecular flexibility index (Phi) is 5.78. The topological polar surface area (TPSA) is 92.4 Å². The number of nitrogens with one attached hydrogen (secondary N) is 1. The summed E-state index contributed by atoms with van der Waals surface area (Å²) in [4.78, 5) is 0.234. The highest BCUT2D eigenvalue weighted by atomic mass is 32.2. The molecule has 0 amide bonds. The SMILES string of the molecule is Cc1cc(N)cc(S(=O)(=O)NCC(C)(C)CCCO)c1C. The molecule has 0 atom stereocenters. The molecule has 0 aliphatic carbocycles. The van der Waals surface area contributed by atoms with Gasteiger partial charge in [0.15, 0.2) is 0 Å². The van der Waals surface area contributed by atoms with Crippen molar-refractivity contribution in [3.05, 3.63) is 23.3 Å². The lowest BCUT2D eigenvalue weighted by molar-refractivity contribution is 0.242. The van der Waals surface area contributed by atoms with Gasteiger partial charge in [0.05, 0.1) is 4.90 Å². The fraction of sp³-hybridized carbons (Fsp3) is 0.600. The number of aliphatic hydroxyl groups is 1. The second-order valence-corrected chi connectivity index (χ2v) is 8.01. The van der Waals surface area contributed by atoms with E-state index in [4.69, 9.17) is 10.8 Å². The minimum atomic E-state index is -3.59. The van der Waals surface area contributed by atoms with Gasteiger partial charge >= 0.3 is 0 Å². The lowest BCUT2D eigenvalue weighted by atomic mass is 9.88. The van der Waals surface area contributed by atoms with Gasteiger partial charge in [0, 0.05) is 18.8 Å². The predicted molar refractivity (Wildman–Crippen MR) is 85.6 cm³/mol. The molecule has 5 nitrogen and oxygen atoms in total. The van der Waals surface area contributed by atoms with Gasteiger partial charge in [0.25, 0.3) is 0 Å². The number of hydrogen-bond acceptors (Lipinski definition) is 4. The maximum atomic E-state index is 12.5. The molecule has 1 rings (SSSR count). The first-order valence-electron chi connectivity index (χ1n) is 7.06. The second-order valence-electron chi connectivity index (χ2n) is 6.28. The third-order valence-electron chi connectivity index (χ3n) is 3.68. The van der Waals surface area contributed by atoms with E-state index in [9.17, 15) is 8.42 Å². The van der Waals surface area contributed by atoms with Gasteiger partial charge in [-0.15, -0.1) is 0 Å². The molecule has 0 bridgehead atoms. The van der Waals surface area contributed by atoms with Crippen LogP contribution in [0.25, 0.3) is 0 Å². The van der Waals surface area contributed by atoms with E-state index in [0.29, 0.717) is 24.2 Å². The number of benzene rings is 1. The summed E-state index contributed by atoms with van der Waals surface area (Å²) >= 11 is 0. The van der Waals surface area contributed by atoms with Gasteiger partial charge in [-0.3, -0.25) is 0 Å². The minimum absolute atomic E-state index is 0.115. The van der Waals surface area contributed by atoms with Gasteiger partial charge in [-0.1, -0.05) is 13.8 Å². The Morgan fingerprint density at radius 1 is 1.29 bits per heavy atom. The van der Waals surface area contributed by atoms with Crippen LogP contribution in [-0.2, 0) is 10.0 Å². The zero-order valence-electron chi connectivity index (χ0n) is 13.2. The predicted octanol–water partition coefficient (Wildman–Crippen LogP) is 1.96. The Morgan fingerprint density at radius 2 is 1.90 bits per heavy atom. The number of nitrogen functional groups attached to an aromatic ring is 1. The average molecular weight is 314 g/mol. The normalized spacial score (nSPS) is 12.6. The molecule has 0 aromatic heterocycles.